The van der Waals surface area contributed by atoms with Crippen molar-refractivity contribution in [1.82, 2.24) is 0 Å². The third-order valence-electron chi connectivity index (χ3n) is 5.61. The fraction of sp³-hybridized carbons (Fsp3) is 0.182. The SMILES string of the molecule is Cc1ccc(N2C(=O)c3ccc4c5c(ccc(c35)C2=O)CC4)cc1C. The Kier molecular flexibility index (Phi) is 2.76. The first-order valence-electron chi connectivity index (χ1n) is 8.60. The van der Waals surface area contributed by atoms with E-state index in [1.54, 1.807) is 0 Å². The molecule has 0 atom stereocenters. The van der Waals surface area contributed by atoms with Gasteiger partial charge < -0.3 is 0 Å². The first-order chi connectivity index (χ1) is 12.1. The summed E-state index contributed by atoms with van der Waals surface area (Å²) in [6.07, 6.45) is 1.97. The topological polar surface area (TPSA) is 37.4 Å². The molecule has 2 aliphatic rings. The first-order valence-corrected chi connectivity index (χ1v) is 8.60. The summed E-state index contributed by atoms with van der Waals surface area (Å²) in [5, 5.41) is 1.97. The molecule has 0 aromatic heterocycles. The maximum absolute atomic E-state index is 13.2. The summed E-state index contributed by atoms with van der Waals surface area (Å²) in [6, 6.07) is 13.6. The molecule has 3 aromatic carbocycles. The minimum Gasteiger partial charge on any atom is -0.268 e. The van der Waals surface area contributed by atoms with Gasteiger partial charge in [-0.15, -0.1) is 0 Å². The maximum atomic E-state index is 13.2. The van der Waals surface area contributed by atoms with Crippen LogP contribution in [0, 0.1) is 13.8 Å². The van der Waals surface area contributed by atoms with Gasteiger partial charge >= 0.3 is 0 Å². The van der Waals surface area contributed by atoms with Crippen molar-refractivity contribution in [3.63, 3.8) is 0 Å². The van der Waals surface area contributed by atoms with Gasteiger partial charge in [0, 0.05) is 16.5 Å². The maximum Gasteiger partial charge on any atom is 0.265 e. The second-order valence-corrected chi connectivity index (χ2v) is 7.01. The van der Waals surface area contributed by atoms with Crippen LogP contribution in [0.2, 0.25) is 0 Å². The lowest BCUT2D eigenvalue weighted by molar-refractivity contribution is 0.0893. The van der Waals surface area contributed by atoms with E-state index in [-0.39, 0.29) is 11.8 Å². The summed E-state index contributed by atoms with van der Waals surface area (Å²) < 4.78 is 0. The third kappa shape index (κ3) is 1.81. The molecule has 0 unspecified atom stereocenters. The van der Waals surface area contributed by atoms with Crippen molar-refractivity contribution < 1.29 is 9.59 Å². The summed E-state index contributed by atoms with van der Waals surface area (Å²) in [5.74, 6) is -0.451. The lowest BCUT2D eigenvalue weighted by atomic mass is 9.91. The van der Waals surface area contributed by atoms with Gasteiger partial charge in [-0.25, -0.2) is 4.90 Å². The molecule has 0 radical (unpaired) electrons. The van der Waals surface area contributed by atoms with Crippen LogP contribution in [0.25, 0.3) is 10.8 Å². The summed E-state index contributed by atoms with van der Waals surface area (Å²) in [5.41, 5.74) is 6.61. The van der Waals surface area contributed by atoms with Crippen LogP contribution in [-0.4, -0.2) is 11.8 Å². The standard InChI is InChI=1S/C22H17NO2/c1-12-3-8-16(11-13(12)2)23-21(24)17-9-6-14-4-5-15-7-10-18(22(23)25)20(17)19(14)15/h3,6-11H,4-5H2,1-2H3. The van der Waals surface area contributed by atoms with Gasteiger partial charge in [-0.3, -0.25) is 9.59 Å². The highest BCUT2D eigenvalue weighted by atomic mass is 16.2. The molecular weight excluding hydrogens is 310 g/mol. The number of imide groups is 1. The number of rotatable bonds is 1. The van der Waals surface area contributed by atoms with Crippen LogP contribution in [0.4, 0.5) is 5.69 Å². The molecule has 1 heterocycles. The Hall–Kier alpha value is -2.94. The van der Waals surface area contributed by atoms with Crippen molar-refractivity contribution in [1.29, 1.82) is 0 Å². The van der Waals surface area contributed by atoms with E-state index in [0.717, 1.165) is 34.7 Å². The van der Waals surface area contributed by atoms with Gasteiger partial charge in [0.1, 0.15) is 0 Å². The largest absolute Gasteiger partial charge is 0.268 e. The number of aryl methyl sites for hydroxylation is 4. The number of carbonyl (C=O) groups is 2. The molecule has 2 amide bonds. The zero-order valence-electron chi connectivity index (χ0n) is 14.2. The van der Waals surface area contributed by atoms with E-state index in [1.165, 1.54) is 16.0 Å². The number of benzene rings is 3. The quantitative estimate of drug-likeness (QED) is 0.623. The first kappa shape index (κ1) is 14.4. The minimum atomic E-state index is -0.226. The highest BCUT2D eigenvalue weighted by Gasteiger charge is 2.35. The Bertz CT molecular complexity index is 1050. The lowest BCUT2D eigenvalue weighted by Gasteiger charge is -2.28. The van der Waals surface area contributed by atoms with E-state index >= 15 is 0 Å². The van der Waals surface area contributed by atoms with Gasteiger partial charge in [0.05, 0.1) is 5.69 Å². The molecule has 0 bridgehead atoms. The number of nitrogens with zero attached hydrogens (tertiary/aromatic N) is 1. The molecular formula is C22H17NO2. The Morgan fingerprint density at radius 3 is 1.88 bits per heavy atom. The molecule has 1 aliphatic heterocycles. The number of hydrogen-bond acceptors (Lipinski definition) is 2. The molecule has 0 saturated carbocycles. The number of carbonyl (C=O) groups excluding carboxylic acids is 2. The minimum absolute atomic E-state index is 0.226. The van der Waals surface area contributed by atoms with Crippen molar-refractivity contribution in [3.8, 4) is 0 Å². The van der Waals surface area contributed by atoms with Crippen LogP contribution in [0.3, 0.4) is 0 Å². The third-order valence-corrected chi connectivity index (χ3v) is 5.61. The molecule has 0 N–H and O–H groups in total. The van der Waals surface area contributed by atoms with Crippen LogP contribution in [0.1, 0.15) is 43.0 Å². The van der Waals surface area contributed by atoms with Crippen molar-refractivity contribution in [2.75, 3.05) is 4.90 Å². The van der Waals surface area contributed by atoms with Crippen LogP contribution in [0.5, 0.6) is 0 Å². The van der Waals surface area contributed by atoms with E-state index in [1.807, 2.05) is 56.3 Å². The fourth-order valence-corrected chi connectivity index (χ4v) is 4.12. The second-order valence-electron chi connectivity index (χ2n) is 7.01. The molecule has 1 aliphatic carbocycles. The van der Waals surface area contributed by atoms with Gasteiger partial charge in [-0.05, 0) is 78.6 Å². The van der Waals surface area contributed by atoms with Gasteiger partial charge in [-0.1, -0.05) is 18.2 Å². The fourth-order valence-electron chi connectivity index (χ4n) is 4.12. The summed E-state index contributed by atoms with van der Waals surface area (Å²) in [7, 11) is 0. The van der Waals surface area contributed by atoms with E-state index < -0.39 is 0 Å². The van der Waals surface area contributed by atoms with E-state index in [2.05, 4.69) is 0 Å². The molecule has 122 valence electrons. The summed E-state index contributed by atoms with van der Waals surface area (Å²) in [4.78, 5) is 27.6. The number of hydrogen-bond donors (Lipinski definition) is 0. The van der Waals surface area contributed by atoms with Crippen molar-refractivity contribution in [3.05, 3.63) is 75.8 Å². The van der Waals surface area contributed by atoms with Gasteiger partial charge in [0.2, 0.25) is 0 Å². The average Bonchev–Trinajstić information content (AvgIpc) is 3.03. The van der Waals surface area contributed by atoms with E-state index in [9.17, 15) is 9.59 Å². The summed E-state index contributed by atoms with van der Waals surface area (Å²) >= 11 is 0. The van der Waals surface area contributed by atoms with Crippen LogP contribution < -0.4 is 4.90 Å². The predicted octanol–water partition coefficient (Wildman–Crippen LogP) is 4.36. The predicted molar refractivity (Wildman–Crippen MR) is 98.4 cm³/mol. The Morgan fingerprint density at radius 2 is 1.32 bits per heavy atom. The Labute approximate surface area is 145 Å². The number of anilines is 1. The molecule has 0 spiro atoms. The lowest BCUT2D eigenvalue weighted by Crippen LogP contribution is -2.40. The monoisotopic (exact) mass is 327 g/mol. The van der Waals surface area contributed by atoms with Gasteiger partial charge in [0.15, 0.2) is 0 Å². The Balaban J connectivity index is 1.78. The molecule has 3 nitrogen and oxygen atoms in total. The van der Waals surface area contributed by atoms with Crippen LogP contribution in [0.15, 0.2) is 42.5 Å². The van der Waals surface area contributed by atoms with Gasteiger partial charge in [0.25, 0.3) is 11.8 Å². The summed E-state index contributed by atoms with van der Waals surface area (Å²) in [6.45, 7) is 4.01. The zero-order valence-corrected chi connectivity index (χ0v) is 14.2. The van der Waals surface area contributed by atoms with Gasteiger partial charge in [-0.2, -0.15) is 0 Å². The van der Waals surface area contributed by atoms with Crippen LogP contribution in [-0.2, 0) is 12.8 Å². The normalized spacial score (nSPS) is 15.4. The average molecular weight is 327 g/mol. The van der Waals surface area contributed by atoms with E-state index in [0.29, 0.717) is 16.8 Å². The highest BCUT2D eigenvalue weighted by molar-refractivity contribution is 6.36. The molecule has 25 heavy (non-hydrogen) atoms. The molecule has 0 fully saturated rings. The molecule has 0 saturated heterocycles. The number of amides is 2. The molecule has 3 heteroatoms. The van der Waals surface area contributed by atoms with Crippen LogP contribution >= 0.6 is 0 Å². The molecule has 3 aromatic rings. The van der Waals surface area contributed by atoms with Crippen molar-refractivity contribution >= 4 is 28.3 Å². The van der Waals surface area contributed by atoms with Crippen molar-refractivity contribution in [2.24, 2.45) is 0 Å². The zero-order chi connectivity index (χ0) is 17.3. The highest BCUT2D eigenvalue weighted by Crippen LogP contribution is 2.39. The van der Waals surface area contributed by atoms with E-state index in [4.69, 9.17) is 0 Å². The smallest absolute Gasteiger partial charge is 0.265 e. The second kappa shape index (κ2) is 4.79. The molecule has 5 rings (SSSR count). The van der Waals surface area contributed by atoms with Crippen molar-refractivity contribution in [2.45, 2.75) is 26.7 Å². The Morgan fingerprint density at radius 1 is 0.720 bits per heavy atom.